The summed E-state index contributed by atoms with van der Waals surface area (Å²) in [6, 6.07) is 1.98. The highest BCUT2D eigenvalue weighted by molar-refractivity contribution is 5.62. The molecule has 66 valence electrons. The number of rotatable bonds is 2. The Hall–Kier alpha value is -1.25. The maximum Gasteiger partial charge on any atom is 0.149 e. The number of nitrogens with two attached hydrogens (primary N) is 1. The minimum atomic E-state index is 0.722. The summed E-state index contributed by atoms with van der Waals surface area (Å²) in [6.07, 6.45) is 0.979. The number of pyridine rings is 1. The molecule has 0 saturated carbocycles. The van der Waals surface area contributed by atoms with E-state index in [2.05, 4.69) is 17.2 Å². The molecule has 12 heavy (non-hydrogen) atoms. The van der Waals surface area contributed by atoms with E-state index in [-0.39, 0.29) is 0 Å². The average molecular weight is 165 g/mol. The minimum absolute atomic E-state index is 0.722. The summed E-state index contributed by atoms with van der Waals surface area (Å²) in [5.74, 6) is 0.768. The molecule has 0 atom stereocenters. The molecule has 0 amide bonds. The molecule has 1 rings (SSSR count). The molecule has 0 aliphatic heterocycles. The lowest BCUT2D eigenvalue weighted by Crippen LogP contribution is -2.02. The molecule has 0 saturated heterocycles. The molecule has 0 bridgehead atoms. The van der Waals surface area contributed by atoms with E-state index in [4.69, 9.17) is 5.73 Å². The number of nitrogens with one attached hydrogen (secondary N) is 1. The zero-order chi connectivity index (χ0) is 9.14. The summed E-state index contributed by atoms with van der Waals surface area (Å²) in [5.41, 5.74) is 8.74. The number of nitrogens with zero attached hydrogens (tertiary/aromatic N) is 1. The van der Waals surface area contributed by atoms with Gasteiger partial charge in [-0.25, -0.2) is 4.98 Å². The van der Waals surface area contributed by atoms with E-state index < -0.39 is 0 Å². The van der Waals surface area contributed by atoms with Gasteiger partial charge in [-0.2, -0.15) is 0 Å². The number of aryl methyl sites for hydroxylation is 2. The largest absolute Gasteiger partial charge is 0.396 e. The molecule has 3 nitrogen and oxygen atoms in total. The Kier molecular flexibility index (Phi) is 2.53. The van der Waals surface area contributed by atoms with Gasteiger partial charge in [0.05, 0.1) is 5.69 Å². The molecule has 3 N–H and O–H groups in total. The number of aromatic nitrogens is 1. The van der Waals surface area contributed by atoms with Gasteiger partial charge in [-0.15, -0.1) is 0 Å². The number of nitrogen functional groups attached to an aromatic ring is 1. The van der Waals surface area contributed by atoms with Crippen LogP contribution in [0.15, 0.2) is 6.07 Å². The van der Waals surface area contributed by atoms with E-state index in [9.17, 15) is 0 Å². The molecule has 3 heteroatoms. The highest BCUT2D eigenvalue weighted by Gasteiger charge is 2.03. The van der Waals surface area contributed by atoms with E-state index in [0.717, 1.165) is 23.6 Å². The van der Waals surface area contributed by atoms with Crippen molar-refractivity contribution < 1.29 is 0 Å². The Bertz CT molecular complexity index is 252. The standard InChI is InChI=1S/C9H15N3/c1-4-7-5-8(10)9(11-3)12-6(7)2/h5H,4,10H2,1-3H3,(H,11,12). The number of anilines is 2. The smallest absolute Gasteiger partial charge is 0.149 e. The first-order valence-corrected chi connectivity index (χ1v) is 4.12. The molecule has 1 aromatic heterocycles. The van der Waals surface area contributed by atoms with Crippen molar-refractivity contribution >= 4 is 11.5 Å². The summed E-state index contributed by atoms with van der Waals surface area (Å²) in [5, 5.41) is 2.95. The third-order valence-corrected chi connectivity index (χ3v) is 1.97. The van der Waals surface area contributed by atoms with Crippen LogP contribution in [0.2, 0.25) is 0 Å². The third-order valence-electron chi connectivity index (χ3n) is 1.97. The minimum Gasteiger partial charge on any atom is -0.396 e. The van der Waals surface area contributed by atoms with Gasteiger partial charge in [0, 0.05) is 12.7 Å². The fourth-order valence-electron chi connectivity index (χ4n) is 1.22. The second-order valence-electron chi connectivity index (χ2n) is 2.77. The second-order valence-corrected chi connectivity index (χ2v) is 2.77. The monoisotopic (exact) mass is 165 g/mol. The second kappa shape index (κ2) is 3.43. The van der Waals surface area contributed by atoms with Crippen LogP contribution in [0.3, 0.4) is 0 Å². The van der Waals surface area contributed by atoms with Gasteiger partial charge < -0.3 is 11.1 Å². The first-order valence-electron chi connectivity index (χ1n) is 4.12. The van der Waals surface area contributed by atoms with Gasteiger partial charge in [-0.05, 0) is 25.0 Å². The van der Waals surface area contributed by atoms with Crippen LogP contribution in [-0.4, -0.2) is 12.0 Å². The van der Waals surface area contributed by atoms with Crippen molar-refractivity contribution in [1.82, 2.24) is 4.98 Å². The Morgan fingerprint density at radius 1 is 1.58 bits per heavy atom. The Morgan fingerprint density at radius 3 is 2.75 bits per heavy atom. The lowest BCUT2D eigenvalue weighted by molar-refractivity contribution is 1.05. The summed E-state index contributed by atoms with van der Waals surface area (Å²) >= 11 is 0. The maximum atomic E-state index is 5.75. The number of hydrogen-bond acceptors (Lipinski definition) is 3. The van der Waals surface area contributed by atoms with Crippen LogP contribution in [-0.2, 0) is 6.42 Å². The Balaban J connectivity index is 3.16. The van der Waals surface area contributed by atoms with Crippen molar-refractivity contribution in [2.24, 2.45) is 0 Å². The molecule has 0 unspecified atom stereocenters. The lowest BCUT2D eigenvalue weighted by Gasteiger charge is -2.08. The van der Waals surface area contributed by atoms with E-state index in [1.54, 1.807) is 0 Å². The highest BCUT2D eigenvalue weighted by atomic mass is 15.0. The molecule has 1 heterocycles. The fraction of sp³-hybridized carbons (Fsp3) is 0.444. The predicted octanol–water partition coefficient (Wildman–Crippen LogP) is 1.58. The van der Waals surface area contributed by atoms with E-state index >= 15 is 0 Å². The van der Waals surface area contributed by atoms with Crippen molar-refractivity contribution in [3.05, 3.63) is 17.3 Å². The van der Waals surface area contributed by atoms with Crippen molar-refractivity contribution in [2.75, 3.05) is 18.1 Å². The summed E-state index contributed by atoms with van der Waals surface area (Å²) in [6.45, 7) is 4.10. The molecule has 0 aliphatic carbocycles. The van der Waals surface area contributed by atoms with Gasteiger partial charge in [-0.1, -0.05) is 6.92 Å². The first-order chi connectivity index (χ1) is 5.69. The van der Waals surface area contributed by atoms with E-state index in [1.165, 1.54) is 5.56 Å². The summed E-state index contributed by atoms with van der Waals surface area (Å²) in [7, 11) is 1.82. The third kappa shape index (κ3) is 1.49. The van der Waals surface area contributed by atoms with Gasteiger partial charge in [0.25, 0.3) is 0 Å². The predicted molar refractivity (Wildman–Crippen MR) is 52.3 cm³/mol. The van der Waals surface area contributed by atoms with Gasteiger partial charge >= 0.3 is 0 Å². The van der Waals surface area contributed by atoms with Gasteiger partial charge in [0.1, 0.15) is 5.82 Å². The van der Waals surface area contributed by atoms with Gasteiger partial charge in [0.2, 0.25) is 0 Å². The zero-order valence-corrected chi connectivity index (χ0v) is 7.81. The maximum absolute atomic E-state index is 5.75. The van der Waals surface area contributed by atoms with E-state index in [0.29, 0.717) is 0 Å². The van der Waals surface area contributed by atoms with Crippen LogP contribution in [0, 0.1) is 6.92 Å². The molecule has 0 aliphatic rings. The van der Waals surface area contributed by atoms with Crippen LogP contribution in [0.4, 0.5) is 11.5 Å². The summed E-state index contributed by atoms with van der Waals surface area (Å²) in [4.78, 5) is 4.33. The fourth-order valence-corrected chi connectivity index (χ4v) is 1.22. The molecule has 0 radical (unpaired) electrons. The van der Waals surface area contributed by atoms with Crippen LogP contribution < -0.4 is 11.1 Å². The molecule has 0 fully saturated rings. The molecule has 0 aromatic carbocycles. The van der Waals surface area contributed by atoms with E-state index in [1.807, 2.05) is 20.0 Å². The average Bonchev–Trinajstić information content (AvgIpc) is 2.08. The quantitative estimate of drug-likeness (QED) is 0.699. The molecular formula is C9H15N3. The Morgan fingerprint density at radius 2 is 2.25 bits per heavy atom. The normalized spacial score (nSPS) is 9.92. The van der Waals surface area contributed by atoms with Gasteiger partial charge in [0.15, 0.2) is 0 Å². The first kappa shape index (κ1) is 8.84. The SMILES string of the molecule is CCc1cc(N)c(NC)nc1C. The highest BCUT2D eigenvalue weighted by Crippen LogP contribution is 2.18. The van der Waals surface area contributed by atoms with Crippen molar-refractivity contribution in [1.29, 1.82) is 0 Å². The van der Waals surface area contributed by atoms with Crippen LogP contribution in [0.5, 0.6) is 0 Å². The zero-order valence-electron chi connectivity index (χ0n) is 7.81. The molecule has 1 aromatic rings. The topological polar surface area (TPSA) is 50.9 Å². The van der Waals surface area contributed by atoms with Crippen molar-refractivity contribution in [3.8, 4) is 0 Å². The van der Waals surface area contributed by atoms with Crippen LogP contribution in [0.1, 0.15) is 18.2 Å². The van der Waals surface area contributed by atoms with Crippen molar-refractivity contribution in [3.63, 3.8) is 0 Å². The van der Waals surface area contributed by atoms with Crippen LogP contribution >= 0.6 is 0 Å². The molecular weight excluding hydrogens is 150 g/mol. The van der Waals surface area contributed by atoms with Gasteiger partial charge in [-0.3, -0.25) is 0 Å². The van der Waals surface area contributed by atoms with Crippen molar-refractivity contribution in [2.45, 2.75) is 20.3 Å². The summed E-state index contributed by atoms with van der Waals surface area (Å²) < 4.78 is 0. The van der Waals surface area contributed by atoms with Crippen LogP contribution in [0.25, 0.3) is 0 Å². The number of hydrogen-bond donors (Lipinski definition) is 2. The lowest BCUT2D eigenvalue weighted by atomic mass is 10.1. The molecule has 0 spiro atoms. The Labute approximate surface area is 73.0 Å².